The molecule has 0 atom stereocenters. The molecule has 0 aromatic heterocycles. The third-order valence-corrected chi connectivity index (χ3v) is 3.79. The lowest BCUT2D eigenvalue weighted by Gasteiger charge is -2.11. The van der Waals surface area contributed by atoms with E-state index in [1.807, 2.05) is 24.3 Å². The minimum atomic E-state index is 0.677. The highest BCUT2D eigenvalue weighted by molar-refractivity contribution is 9.08. The second kappa shape index (κ2) is 7.56. The minimum Gasteiger partial charge on any atom is -0.492 e. The molecule has 0 radical (unpaired) electrons. The molecule has 0 aliphatic heterocycles. The molecule has 0 saturated heterocycles. The first-order chi connectivity index (χ1) is 9.31. The zero-order valence-electron chi connectivity index (χ0n) is 10.6. The zero-order chi connectivity index (χ0) is 13.5. The number of halogens is 2. The monoisotopic (exact) mass is 338 g/mol. The second-order valence-electron chi connectivity index (χ2n) is 4.30. The number of benzene rings is 2. The van der Waals surface area contributed by atoms with E-state index in [4.69, 9.17) is 16.3 Å². The first-order valence-corrected chi connectivity index (χ1v) is 7.81. The van der Waals surface area contributed by atoms with Gasteiger partial charge in [0.1, 0.15) is 5.75 Å². The van der Waals surface area contributed by atoms with Crippen molar-refractivity contribution in [3.05, 3.63) is 64.7 Å². The summed E-state index contributed by atoms with van der Waals surface area (Å²) in [5.74, 6) is 0.800. The van der Waals surface area contributed by atoms with Gasteiger partial charge in [-0.25, -0.2) is 0 Å². The summed E-state index contributed by atoms with van der Waals surface area (Å²) < 4.78 is 5.82. The number of alkyl halides is 1. The Kier molecular flexibility index (Phi) is 5.74. The van der Waals surface area contributed by atoms with Gasteiger partial charge in [0.2, 0.25) is 0 Å². The lowest BCUT2D eigenvalue weighted by Crippen LogP contribution is -2.01. The quantitative estimate of drug-likeness (QED) is 0.516. The van der Waals surface area contributed by atoms with Crippen molar-refractivity contribution in [2.75, 3.05) is 6.61 Å². The number of rotatable bonds is 6. The van der Waals surface area contributed by atoms with Gasteiger partial charge in [0.05, 0.1) is 11.6 Å². The Morgan fingerprint density at radius 1 is 1.00 bits per heavy atom. The molecule has 0 fully saturated rings. The maximum Gasteiger partial charge on any atom is 0.141 e. The van der Waals surface area contributed by atoms with E-state index in [1.54, 1.807) is 0 Å². The first-order valence-electron chi connectivity index (χ1n) is 6.31. The molecule has 0 heterocycles. The first kappa shape index (κ1) is 14.4. The molecule has 0 N–H and O–H groups in total. The Morgan fingerprint density at radius 2 is 1.79 bits per heavy atom. The Hall–Kier alpha value is -0.990. The standard InChI is InChI=1S/C16H16BrClO/c17-12-14-9-4-10-15(18)16(14)19-11-5-8-13-6-2-1-3-7-13/h1-4,6-7,9-10H,5,8,11-12H2. The third-order valence-electron chi connectivity index (χ3n) is 2.89. The van der Waals surface area contributed by atoms with E-state index in [1.165, 1.54) is 5.56 Å². The van der Waals surface area contributed by atoms with Crippen molar-refractivity contribution in [2.45, 2.75) is 18.2 Å². The summed E-state index contributed by atoms with van der Waals surface area (Å²) in [6.07, 6.45) is 2.01. The topological polar surface area (TPSA) is 9.23 Å². The van der Waals surface area contributed by atoms with Crippen LogP contribution in [0.15, 0.2) is 48.5 Å². The summed E-state index contributed by atoms with van der Waals surface area (Å²) in [5.41, 5.74) is 2.43. The summed E-state index contributed by atoms with van der Waals surface area (Å²) in [4.78, 5) is 0. The molecule has 0 spiro atoms. The van der Waals surface area contributed by atoms with E-state index in [2.05, 4.69) is 40.2 Å². The van der Waals surface area contributed by atoms with Crippen LogP contribution in [0.2, 0.25) is 5.02 Å². The van der Waals surface area contributed by atoms with Crippen molar-refractivity contribution in [3.63, 3.8) is 0 Å². The molecule has 0 amide bonds. The molecule has 2 aromatic rings. The Labute approximate surface area is 127 Å². The van der Waals surface area contributed by atoms with Gasteiger partial charge >= 0.3 is 0 Å². The van der Waals surface area contributed by atoms with Gasteiger partial charge in [-0.2, -0.15) is 0 Å². The zero-order valence-corrected chi connectivity index (χ0v) is 13.0. The van der Waals surface area contributed by atoms with Crippen LogP contribution in [0, 0.1) is 0 Å². The van der Waals surface area contributed by atoms with Crippen LogP contribution < -0.4 is 4.74 Å². The molecule has 19 heavy (non-hydrogen) atoms. The average Bonchev–Trinajstić information content (AvgIpc) is 2.46. The van der Waals surface area contributed by atoms with Crippen molar-refractivity contribution >= 4 is 27.5 Å². The van der Waals surface area contributed by atoms with Crippen LogP contribution in [0.1, 0.15) is 17.5 Å². The number of para-hydroxylation sites is 1. The fraction of sp³-hybridized carbons (Fsp3) is 0.250. The van der Waals surface area contributed by atoms with Crippen LogP contribution in [-0.2, 0) is 11.8 Å². The third kappa shape index (κ3) is 4.26. The normalized spacial score (nSPS) is 10.4. The molecule has 2 rings (SSSR count). The van der Waals surface area contributed by atoms with Crippen LogP contribution in [0.3, 0.4) is 0 Å². The van der Waals surface area contributed by atoms with Gasteiger partial charge in [-0.3, -0.25) is 0 Å². The molecule has 0 saturated carbocycles. The summed E-state index contributed by atoms with van der Waals surface area (Å²) in [6.45, 7) is 0.679. The SMILES string of the molecule is Clc1cccc(CBr)c1OCCCc1ccccc1. The Balaban J connectivity index is 1.86. The molecule has 1 nitrogen and oxygen atoms in total. The van der Waals surface area contributed by atoms with E-state index in [0.29, 0.717) is 11.6 Å². The lowest BCUT2D eigenvalue weighted by atomic mass is 10.1. The van der Waals surface area contributed by atoms with Gasteiger partial charge in [0, 0.05) is 10.9 Å². The van der Waals surface area contributed by atoms with Crippen molar-refractivity contribution in [1.29, 1.82) is 0 Å². The molecule has 100 valence electrons. The molecular formula is C16H16BrClO. The molecular weight excluding hydrogens is 324 g/mol. The molecule has 2 aromatic carbocycles. The highest BCUT2D eigenvalue weighted by Gasteiger charge is 2.07. The molecule has 3 heteroatoms. The van der Waals surface area contributed by atoms with E-state index >= 15 is 0 Å². The Bertz CT molecular complexity index is 513. The number of ether oxygens (including phenoxy) is 1. The highest BCUT2D eigenvalue weighted by atomic mass is 79.9. The fourth-order valence-corrected chi connectivity index (χ4v) is 2.61. The smallest absolute Gasteiger partial charge is 0.141 e. The fourth-order valence-electron chi connectivity index (χ4n) is 1.92. The summed E-state index contributed by atoms with van der Waals surface area (Å²) in [7, 11) is 0. The minimum absolute atomic E-state index is 0.677. The highest BCUT2D eigenvalue weighted by Crippen LogP contribution is 2.30. The van der Waals surface area contributed by atoms with E-state index in [0.717, 1.165) is 29.5 Å². The summed E-state index contributed by atoms with van der Waals surface area (Å²) in [5, 5.41) is 1.43. The van der Waals surface area contributed by atoms with Gasteiger partial charge in [0.15, 0.2) is 0 Å². The largest absolute Gasteiger partial charge is 0.492 e. The summed E-state index contributed by atoms with van der Waals surface area (Å²) >= 11 is 9.61. The maximum absolute atomic E-state index is 6.16. The summed E-state index contributed by atoms with van der Waals surface area (Å²) in [6, 6.07) is 16.3. The van der Waals surface area contributed by atoms with E-state index < -0.39 is 0 Å². The predicted octanol–water partition coefficient (Wildman–Crippen LogP) is 5.25. The van der Waals surface area contributed by atoms with Crippen molar-refractivity contribution in [1.82, 2.24) is 0 Å². The van der Waals surface area contributed by atoms with Gasteiger partial charge < -0.3 is 4.74 Å². The number of hydrogen-bond acceptors (Lipinski definition) is 1. The average molecular weight is 340 g/mol. The molecule has 0 aliphatic rings. The number of hydrogen-bond donors (Lipinski definition) is 0. The van der Waals surface area contributed by atoms with Gasteiger partial charge in [0.25, 0.3) is 0 Å². The molecule has 0 unspecified atom stereocenters. The van der Waals surface area contributed by atoms with Gasteiger partial charge in [-0.1, -0.05) is 70.0 Å². The van der Waals surface area contributed by atoms with Crippen molar-refractivity contribution < 1.29 is 4.74 Å². The van der Waals surface area contributed by atoms with E-state index in [9.17, 15) is 0 Å². The number of aryl methyl sites for hydroxylation is 1. The van der Waals surface area contributed by atoms with Crippen LogP contribution in [-0.4, -0.2) is 6.61 Å². The predicted molar refractivity (Wildman–Crippen MR) is 84.3 cm³/mol. The lowest BCUT2D eigenvalue weighted by molar-refractivity contribution is 0.309. The van der Waals surface area contributed by atoms with Gasteiger partial charge in [-0.05, 0) is 24.5 Å². The van der Waals surface area contributed by atoms with Crippen LogP contribution >= 0.6 is 27.5 Å². The van der Waals surface area contributed by atoms with E-state index in [-0.39, 0.29) is 0 Å². The van der Waals surface area contributed by atoms with Crippen molar-refractivity contribution in [2.24, 2.45) is 0 Å². The molecule has 0 bridgehead atoms. The Morgan fingerprint density at radius 3 is 2.53 bits per heavy atom. The van der Waals surface area contributed by atoms with Gasteiger partial charge in [-0.15, -0.1) is 0 Å². The van der Waals surface area contributed by atoms with Crippen LogP contribution in [0.4, 0.5) is 0 Å². The van der Waals surface area contributed by atoms with Crippen LogP contribution in [0.25, 0.3) is 0 Å². The maximum atomic E-state index is 6.16. The van der Waals surface area contributed by atoms with Crippen LogP contribution in [0.5, 0.6) is 5.75 Å². The second-order valence-corrected chi connectivity index (χ2v) is 5.27. The van der Waals surface area contributed by atoms with Crippen molar-refractivity contribution in [3.8, 4) is 5.75 Å². The molecule has 0 aliphatic carbocycles.